The first kappa shape index (κ1) is 66.3. The summed E-state index contributed by atoms with van der Waals surface area (Å²) >= 11 is 25.8. The van der Waals surface area contributed by atoms with Gasteiger partial charge in [0.1, 0.15) is 23.7 Å². The van der Waals surface area contributed by atoms with Crippen LogP contribution in [0.1, 0.15) is 88.8 Å². The monoisotopic (exact) mass is 1270 g/mol. The number of nitrogens with two attached hydrogens (primary N) is 1. The smallest absolute Gasteiger partial charge is 0.314 e. The maximum absolute atomic E-state index is 13.3. The van der Waals surface area contributed by atoms with Crippen molar-refractivity contribution in [3.8, 4) is 11.5 Å². The first-order valence-corrected chi connectivity index (χ1v) is 32.5. The third kappa shape index (κ3) is 19.4. The van der Waals surface area contributed by atoms with Gasteiger partial charge in [0, 0.05) is 77.5 Å². The quantitative estimate of drug-likeness (QED) is 0.0231. The van der Waals surface area contributed by atoms with Crippen LogP contribution in [0.3, 0.4) is 0 Å². The Hall–Kier alpha value is -4.24. The molecule has 0 unspecified atom stereocenters. The lowest BCUT2D eigenvalue weighted by Crippen LogP contribution is -2.49. The minimum absolute atomic E-state index is 0.00459. The molecule has 2 aliphatic carbocycles. The van der Waals surface area contributed by atoms with Gasteiger partial charge in [-0.3, -0.25) is 4.90 Å². The highest BCUT2D eigenvalue weighted by Crippen LogP contribution is 2.45. The van der Waals surface area contributed by atoms with E-state index in [1.54, 1.807) is 36.4 Å². The molecule has 8 N–H and O–H groups in total. The average molecular weight is 1270 g/mol. The lowest BCUT2D eigenvalue weighted by molar-refractivity contribution is 0.0516. The van der Waals surface area contributed by atoms with E-state index in [0.717, 1.165) is 61.0 Å². The van der Waals surface area contributed by atoms with Crippen LogP contribution >= 0.6 is 46.4 Å². The maximum atomic E-state index is 13.3. The molecule has 4 aromatic rings. The summed E-state index contributed by atoms with van der Waals surface area (Å²) in [6.07, 6.45) is 4.87. The summed E-state index contributed by atoms with van der Waals surface area (Å²) in [5, 5.41) is 13.3. The summed E-state index contributed by atoms with van der Waals surface area (Å²) in [4.78, 5) is 26.9. The molecule has 458 valence electrons. The number of rotatable bonds is 32. The number of hydrogen-bond donors (Lipinski definition) is 7. The van der Waals surface area contributed by atoms with E-state index >= 15 is 0 Å². The second kappa shape index (κ2) is 31.9. The van der Waals surface area contributed by atoms with E-state index in [-0.39, 0.29) is 125 Å². The molecule has 7 rings (SSSR count). The molecular formula is C57H78Cl4N8O12S2. The molecule has 1 heterocycles. The van der Waals surface area contributed by atoms with Crippen LogP contribution in [0.5, 0.6) is 11.5 Å². The topological polar surface area (TPSA) is 259 Å². The van der Waals surface area contributed by atoms with Gasteiger partial charge in [0.05, 0.1) is 68.7 Å². The molecule has 26 heteroatoms. The normalized spacial score (nSPS) is 17.9. The Balaban J connectivity index is 0.649. The Morgan fingerprint density at radius 2 is 1.01 bits per heavy atom. The van der Waals surface area contributed by atoms with Crippen LogP contribution in [0, 0.1) is 27.7 Å². The molecule has 0 bridgehead atoms. The number of carbonyl (C=O) groups is 2. The van der Waals surface area contributed by atoms with Crippen LogP contribution in [0.4, 0.5) is 9.59 Å². The predicted molar refractivity (Wildman–Crippen MR) is 322 cm³/mol. The van der Waals surface area contributed by atoms with Crippen molar-refractivity contribution in [2.45, 2.75) is 107 Å². The number of ether oxygens (including phenoxy) is 6. The second-order valence-electron chi connectivity index (χ2n) is 20.9. The molecular weight excluding hydrogens is 1190 g/mol. The lowest BCUT2D eigenvalue weighted by atomic mass is 10.0. The molecule has 0 saturated carbocycles. The second-order valence-corrected chi connectivity index (χ2v) is 26.1. The molecule has 0 radical (unpaired) electrons. The number of urea groups is 2. The molecule has 20 nitrogen and oxygen atoms in total. The predicted octanol–water partition coefficient (Wildman–Crippen LogP) is 7.77. The van der Waals surface area contributed by atoms with Gasteiger partial charge in [-0.2, -0.15) is 0 Å². The molecule has 4 aromatic carbocycles. The summed E-state index contributed by atoms with van der Waals surface area (Å²) in [6, 6.07) is 13.1. The number of halogens is 4. The number of nitrogens with zero attached hydrogens (tertiary/aromatic N) is 1. The largest absolute Gasteiger partial charge is 0.485 e. The number of unbranched alkanes of at least 4 members (excludes halogenated alkanes) is 1. The van der Waals surface area contributed by atoms with Gasteiger partial charge in [0.25, 0.3) is 0 Å². The number of aryl methyl sites for hydroxylation is 4. The van der Waals surface area contributed by atoms with Crippen LogP contribution in [-0.4, -0.2) is 151 Å². The van der Waals surface area contributed by atoms with Gasteiger partial charge >= 0.3 is 12.1 Å². The zero-order valence-electron chi connectivity index (χ0n) is 47.4. The number of benzene rings is 4. The van der Waals surface area contributed by atoms with Crippen molar-refractivity contribution in [1.29, 1.82) is 0 Å². The van der Waals surface area contributed by atoms with Crippen molar-refractivity contribution >= 4 is 78.5 Å². The van der Waals surface area contributed by atoms with Crippen molar-refractivity contribution < 1.29 is 54.8 Å². The first-order chi connectivity index (χ1) is 39.7. The molecule has 83 heavy (non-hydrogen) atoms. The van der Waals surface area contributed by atoms with Crippen LogP contribution in [0.2, 0.25) is 20.1 Å². The summed E-state index contributed by atoms with van der Waals surface area (Å²) in [6.45, 7) is 12.3. The summed E-state index contributed by atoms with van der Waals surface area (Å²) < 4.78 is 93.3. The zero-order valence-corrected chi connectivity index (χ0v) is 52.1. The molecule has 3 aliphatic rings. The summed E-state index contributed by atoms with van der Waals surface area (Å²) in [5.74, 6) is 1.24. The van der Waals surface area contributed by atoms with E-state index in [9.17, 15) is 26.4 Å². The Bertz CT molecular complexity index is 3050. The van der Waals surface area contributed by atoms with Gasteiger partial charge in [-0.15, -0.1) is 0 Å². The van der Waals surface area contributed by atoms with Crippen LogP contribution < -0.4 is 45.9 Å². The number of piperidine rings is 1. The van der Waals surface area contributed by atoms with Crippen LogP contribution in [0.25, 0.3) is 0 Å². The van der Waals surface area contributed by atoms with E-state index in [4.69, 9.17) is 80.6 Å². The van der Waals surface area contributed by atoms with Gasteiger partial charge < -0.3 is 55.4 Å². The molecule has 0 spiro atoms. The molecule has 1 fully saturated rings. The van der Waals surface area contributed by atoms with Gasteiger partial charge in [-0.1, -0.05) is 46.4 Å². The Labute approximate surface area is 508 Å². The van der Waals surface area contributed by atoms with Crippen molar-refractivity contribution in [2.75, 3.05) is 105 Å². The fourth-order valence-electron chi connectivity index (χ4n) is 10.5. The van der Waals surface area contributed by atoms with Gasteiger partial charge in [-0.05, 0) is 167 Å². The number of carbonyl (C=O) groups excluding carboxylic acids is 2. The highest BCUT2D eigenvalue weighted by atomic mass is 35.5. The van der Waals surface area contributed by atoms with Crippen molar-refractivity contribution in [1.82, 2.24) is 35.6 Å². The highest BCUT2D eigenvalue weighted by molar-refractivity contribution is 7.89. The maximum Gasteiger partial charge on any atom is 0.314 e. The fourth-order valence-corrected chi connectivity index (χ4v) is 14.0. The molecule has 4 atom stereocenters. The van der Waals surface area contributed by atoms with E-state index in [0.29, 0.717) is 86.2 Å². The minimum Gasteiger partial charge on any atom is -0.485 e. The zero-order chi connectivity index (χ0) is 59.7. The van der Waals surface area contributed by atoms with E-state index in [1.165, 1.54) is 0 Å². The lowest BCUT2D eigenvalue weighted by Gasteiger charge is -2.38. The Morgan fingerprint density at radius 1 is 0.566 bits per heavy atom. The summed E-state index contributed by atoms with van der Waals surface area (Å²) in [5.41, 5.74) is 13.0. The molecule has 1 saturated heterocycles. The van der Waals surface area contributed by atoms with Crippen LogP contribution in [-0.2, 0) is 51.8 Å². The number of amides is 4. The molecule has 4 amide bonds. The number of hydrogen-bond acceptors (Lipinski definition) is 14. The average Bonchev–Trinajstić information content (AvgIpc) is 4.22. The Morgan fingerprint density at radius 3 is 1.51 bits per heavy atom. The van der Waals surface area contributed by atoms with Crippen molar-refractivity contribution in [3.05, 3.63) is 113 Å². The highest BCUT2D eigenvalue weighted by Gasteiger charge is 2.41. The van der Waals surface area contributed by atoms with Crippen molar-refractivity contribution in [3.63, 3.8) is 0 Å². The number of sulfonamides is 2. The van der Waals surface area contributed by atoms with E-state index in [1.807, 2.05) is 39.8 Å². The van der Waals surface area contributed by atoms with Gasteiger partial charge in [-0.25, -0.2) is 35.9 Å². The van der Waals surface area contributed by atoms with Crippen LogP contribution in [0.15, 0.2) is 58.3 Å². The number of likely N-dealkylation sites (tertiary alicyclic amines) is 1. The third-order valence-corrected chi connectivity index (χ3v) is 18.5. The van der Waals surface area contributed by atoms with E-state index < -0.39 is 20.0 Å². The minimum atomic E-state index is -3.86. The summed E-state index contributed by atoms with van der Waals surface area (Å²) in [7, 11) is -7.66. The first-order valence-electron chi connectivity index (χ1n) is 28.1. The Kier molecular flexibility index (Phi) is 25.5. The van der Waals surface area contributed by atoms with Crippen molar-refractivity contribution in [2.24, 2.45) is 5.73 Å². The number of nitrogens with one attached hydrogen (secondary N) is 6. The fraction of sp³-hybridized carbons (Fsp3) is 0.544. The van der Waals surface area contributed by atoms with Gasteiger partial charge in [0.2, 0.25) is 20.0 Å². The standard InChI is InChI=1S/C57H78Cl4N8O12S2/c1-36-26-43(27-37(2)53(36)80-52-10-9-45-47(52)30-40(58)32-49(45)60)82(72,73)67-15-20-78-24-22-76-18-13-65-56(70)63-11-5-6-12-64-57(71)66-14-19-77-23-25-79-21-16-68-83(74,75)44-28-38(3)54(39(4)29-44)81-55-48-31-41(59)33-50(61)46(48)34-51(55)69-17-7-8-42(62)35-69/h26-33,42,51-52,55,67-68H,5-25,34-35,62H2,1-4H3,(H2,63,65,70)(H2,64,66,71)/t42-,51+,52-,55+/m1/s1. The van der Waals surface area contributed by atoms with E-state index in [2.05, 4.69) is 35.6 Å². The SMILES string of the molecule is Cc1cc(S(=O)(=O)NCCOCCOCCNC(=O)NCCCCNC(=O)NCCOCCOCCNS(=O)(=O)c2cc(C)c(O[C@H]3c4cc(Cl)cc(Cl)c4C[C@@H]3N3CCC[C@@H](N)C3)c(C)c2)cc(C)c1O[C@@H]1CCc2c(Cl)cc(Cl)cc21. The van der Waals surface area contributed by atoms with Gasteiger partial charge in [0.15, 0.2) is 0 Å². The third-order valence-electron chi connectivity index (χ3n) is 14.5. The molecule has 0 aromatic heterocycles. The molecule has 1 aliphatic heterocycles. The number of fused-ring (bicyclic) bond motifs is 2.